The third-order valence-corrected chi connectivity index (χ3v) is 2.55. The van der Waals surface area contributed by atoms with Gasteiger partial charge in [-0.1, -0.05) is 39.0 Å². The van der Waals surface area contributed by atoms with Gasteiger partial charge in [-0.2, -0.15) is 0 Å². The number of ether oxygens (including phenoxy) is 1. The topological polar surface area (TPSA) is 21.3 Å². The minimum absolute atomic E-state index is 0.635. The van der Waals surface area contributed by atoms with Crippen molar-refractivity contribution in [3.63, 3.8) is 0 Å². The third kappa shape index (κ3) is 9.78. The molecule has 1 N–H and O–H groups in total. The van der Waals surface area contributed by atoms with Crippen molar-refractivity contribution in [2.24, 2.45) is 5.92 Å². The number of rotatable bonds is 10. The number of unbranched alkanes of at least 4 members (excludes halogenated alkanes) is 1. The van der Waals surface area contributed by atoms with Crippen LogP contribution < -0.4 is 5.32 Å². The molecule has 0 aromatic rings. The van der Waals surface area contributed by atoms with Crippen molar-refractivity contribution in [1.29, 1.82) is 0 Å². The molecule has 0 saturated carbocycles. The van der Waals surface area contributed by atoms with Crippen molar-refractivity contribution >= 4 is 0 Å². The smallest absolute Gasteiger partial charge is 0.0591 e. The summed E-state index contributed by atoms with van der Waals surface area (Å²) in [4.78, 5) is 0. The van der Waals surface area contributed by atoms with Crippen LogP contribution in [0, 0.1) is 18.3 Å². The van der Waals surface area contributed by atoms with Crippen molar-refractivity contribution in [2.75, 3.05) is 26.3 Å². The molecule has 0 heterocycles. The van der Waals surface area contributed by atoms with Gasteiger partial charge < -0.3 is 10.1 Å². The van der Waals surface area contributed by atoms with Crippen LogP contribution in [0.5, 0.6) is 0 Å². The van der Waals surface area contributed by atoms with Gasteiger partial charge in [0.25, 0.3) is 0 Å². The molecular weight excluding hydrogens is 186 g/mol. The Balaban J connectivity index is 3.27. The highest BCUT2D eigenvalue weighted by Crippen LogP contribution is 2.12. The highest BCUT2D eigenvalue weighted by molar-refractivity contribution is 4.86. The second kappa shape index (κ2) is 11.6. The maximum Gasteiger partial charge on any atom is 0.0591 e. The van der Waals surface area contributed by atoms with E-state index in [1.54, 1.807) is 0 Å². The molecule has 0 aliphatic rings. The maximum absolute atomic E-state index is 5.60. The Morgan fingerprint density at radius 2 is 2.20 bits per heavy atom. The van der Waals surface area contributed by atoms with Gasteiger partial charge in [0.1, 0.15) is 0 Å². The molecule has 0 bridgehead atoms. The predicted octanol–water partition coefficient (Wildman–Crippen LogP) is 2.44. The van der Waals surface area contributed by atoms with Crippen molar-refractivity contribution < 1.29 is 4.74 Å². The summed E-state index contributed by atoms with van der Waals surface area (Å²) in [7, 11) is 0. The van der Waals surface area contributed by atoms with E-state index in [9.17, 15) is 0 Å². The van der Waals surface area contributed by atoms with E-state index >= 15 is 0 Å². The largest absolute Gasteiger partial charge is 0.380 e. The minimum Gasteiger partial charge on any atom is -0.380 e. The van der Waals surface area contributed by atoms with Crippen LogP contribution in [0.2, 0.25) is 0 Å². The number of hydrogen-bond donors (Lipinski definition) is 1. The molecule has 0 radical (unpaired) electrons. The molecule has 15 heavy (non-hydrogen) atoms. The van der Waals surface area contributed by atoms with Crippen LogP contribution in [0.4, 0.5) is 0 Å². The molecule has 0 amide bonds. The fourth-order valence-electron chi connectivity index (χ4n) is 1.45. The van der Waals surface area contributed by atoms with Gasteiger partial charge in [0, 0.05) is 13.2 Å². The van der Waals surface area contributed by atoms with E-state index in [0.29, 0.717) is 6.54 Å². The highest BCUT2D eigenvalue weighted by Gasteiger charge is 2.04. The van der Waals surface area contributed by atoms with Crippen LogP contribution in [-0.4, -0.2) is 26.3 Å². The van der Waals surface area contributed by atoms with E-state index in [-0.39, 0.29) is 0 Å². The minimum atomic E-state index is 0.635. The third-order valence-electron chi connectivity index (χ3n) is 2.55. The van der Waals surface area contributed by atoms with Crippen molar-refractivity contribution in [1.82, 2.24) is 5.32 Å². The molecule has 0 aromatic heterocycles. The normalized spacial score (nSPS) is 12.3. The van der Waals surface area contributed by atoms with Crippen LogP contribution in [0.3, 0.4) is 0 Å². The van der Waals surface area contributed by atoms with E-state index in [1.807, 2.05) is 0 Å². The van der Waals surface area contributed by atoms with Crippen molar-refractivity contribution in [2.45, 2.75) is 39.5 Å². The summed E-state index contributed by atoms with van der Waals surface area (Å²) in [6, 6.07) is 0. The van der Waals surface area contributed by atoms with Gasteiger partial charge in [-0.25, -0.2) is 0 Å². The van der Waals surface area contributed by atoms with Crippen LogP contribution >= 0.6 is 0 Å². The van der Waals surface area contributed by atoms with Gasteiger partial charge in [-0.05, 0) is 12.3 Å². The quantitative estimate of drug-likeness (QED) is 0.443. The van der Waals surface area contributed by atoms with Gasteiger partial charge in [0.15, 0.2) is 0 Å². The van der Waals surface area contributed by atoms with Crippen molar-refractivity contribution in [3.8, 4) is 12.3 Å². The molecule has 0 aromatic carbocycles. The van der Waals surface area contributed by atoms with Crippen LogP contribution in [-0.2, 0) is 4.74 Å². The first-order chi connectivity index (χ1) is 7.35. The average Bonchev–Trinajstić information content (AvgIpc) is 2.27. The summed E-state index contributed by atoms with van der Waals surface area (Å²) in [5.74, 6) is 3.27. The Morgan fingerprint density at radius 3 is 2.80 bits per heavy atom. The zero-order valence-corrected chi connectivity index (χ0v) is 10.2. The molecule has 1 atom stereocenters. The van der Waals surface area contributed by atoms with Gasteiger partial charge in [-0.15, -0.1) is 6.42 Å². The molecular formula is C13H25NO. The fourth-order valence-corrected chi connectivity index (χ4v) is 1.45. The van der Waals surface area contributed by atoms with Crippen LogP contribution in [0.1, 0.15) is 39.5 Å². The van der Waals surface area contributed by atoms with Gasteiger partial charge in [0.2, 0.25) is 0 Å². The summed E-state index contributed by atoms with van der Waals surface area (Å²) >= 11 is 0. The summed E-state index contributed by atoms with van der Waals surface area (Å²) in [5.41, 5.74) is 0. The molecule has 1 unspecified atom stereocenters. The predicted molar refractivity (Wildman–Crippen MR) is 65.8 cm³/mol. The standard InChI is InChI=1S/C13H25NO/c1-4-7-8-13(6-3)12-15-11-10-14-9-5-2/h2,13-14H,4,6-12H2,1,3H3. The average molecular weight is 211 g/mol. The van der Waals surface area contributed by atoms with Gasteiger partial charge >= 0.3 is 0 Å². The number of nitrogens with one attached hydrogen (secondary N) is 1. The SMILES string of the molecule is C#CCNCCOCC(CC)CCCC. The molecule has 2 heteroatoms. The molecule has 0 rings (SSSR count). The fraction of sp³-hybridized carbons (Fsp3) is 0.846. The first-order valence-electron chi connectivity index (χ1n) is 6.07. The number of hydrogen-bond acceptors (Lipinski definition) is 2. The lowest BCUT2D eigenvalue weighted by molar-refractivity contribution is 0.0962. The Hall–Kier alpha value is -0.520. The maximum atomic E-state index is 5.60. The Bertz CT molecular complexity index is 162. The van der Waals surface area contributed by atoms with Crippen molar-refractivity contribution in [3.05, 3.63) is 0 Å². The summed E-state index contributed by atoms with van der Waals surface area (Å²) in [5, 5.41) is 3.11. The van der Waals surface area contributed by atoms with E-state index in [4.69, 9.17) is 11.2 Å². The second-order valence-electron chi connectivity index (χ2n) is 3.87. The molecule has 0 spiro atoms. The van der Waals surface area contributed by atoms with Crippen LogP contribution in [0.15, 0.2) is 0 Å². The van der Waals surface area contributed by atoms with E-state index in [1.165, 1.54) is 25.7 Å². The van der Waals surface area contributed by atoms with Gasteiger partial charge in [0.05, 0.1) is 13.2 Å². The lowest BCUT2D eigenvalue weighted by Gasteiger charge is -2.14. The van der Waals surface area contributed by atoms with E-state index < -0.39 is 0 Å². The van der Waals surface area contributed by atoms with Crippen LogP contribution in [0.25, 0.3) is 0 Å². The second-order valence-corrected chi connectivity index (χ2v) is 3.87. The van der Waals surface area contributed by atoms with E-state index in [2.05, 4.69) is 25.1 Å². The summed E-state index contributed by atoms with van der Waals surface area (Å²) in [6.45, 7) is 7.63. The first-order valence-corrected chi connectivity index (χ1v) is 6.07. The zero-order chi connectivity index (χ0) is 11.4. The molecule has 0 saturated heterocycles. The Labute approximate surface area is 94.8 Å². The van der Waals surface area contributed by atoms with E-state index in [0.717, 1.165) is 25.7 Å². The molecule has 0 aliphatic carbocycles. The highest BCUT2D eigenvalue weighted by atomic mass is 16.5. The Morgan fingerprint density at radius 1 is 1.40 bits per heavy atom. The van der Waals surface area contributed by atoms with Gasteiger partial charge in [-0.3, -0.25) is 0 Å². The summed E-state index contributed by atoms with van der Waals surface area (Å²) < 4.78 is 5.60. The monoisotopic (exact) mass is 211 g/mol. The lowest BCUT2D eigenvalue weighted by Crippen LogP contribution is -2.21. The summed E-state index contributed by atoms with van der Waals surface area (Å²) in [6.07, 6.45) is 10.2. The molecule has 88 valence electrons. The molecule has 0 aliphatic heterocycles. The molecule has 0 fully saturated rings. The number of terminal acetylenes is 1. The zero-order valence-electron chi connectivity index (χ0n) is 10.2. The Kier molecular flexibility index (Phi) is 11.2. The molecule has 2 nitrogen and oxygen atoms in total. The first kappa shape index (κ1) is 14.5. The lowest BCUT2D eigenvalue weighted by atomic mass is 10.0.